The molecule has 0 bridgehead atoms. The highest BCUT2D eigenvalue weighted by Crippen LogP contribution is 2.31. The van der Waals surface area contributed by atoms with E-state index in [2.05, 4.69) is 11.8 Å². The van der Waals surface area contributed by atoms with Crippen LogP contribution in [0.5, 0.6) is 0 Å². The Morgan fingerprint density at radius 2 is 2.12 bits per heavy atom. The molecule has 2 heterocycles. The van der Waals surface area contributed by atoms with Crippen LogP contribution in [0.2, 0.25) is 0 Å². The zero-order chi connectivity index (χ0) is 12.1. The van der Waals surface area contributed by atoms with E-state index in [1.54, 1.807) is 0 Å². The largest absolute Gasteiger partial charge is 0.379 e. The monoisotopic (exact) mass is 240 g/mol. The van der Waals surface area contributed by atoms with E-state index in [4.69, 9.17) is 10.5 Å². The summed E-state index contributed by atoms with van der Waals surface area (Å²) in [6.07, 6.45) is 7.84. The maximum Gasteiger partial charge on any atom is 0.0662 e. The molecule has 3 nitrogen and oxygen atoms in total. The van der Waals surface area contributed by atoms with Crippen molar-refractivity contribution in [2.45, 2.75) is 51.0 Å². The van der Waals surface area contributed by atoms with Crippen molar-refractivity contribution in [3.8, 4) is 0 Å². The zero-order valence-electron chi connectivity index (χ0n) is 11.3. The summed E-state index contributed by atoms with van der Waals surface area (Å²) in [6.45, 7) is 7.28. The molecule has 0 aromatic carbocycles. The van der Waals surface area contributed by atoms with Crippen LogP contribution in [-0.4, -0.2) is 43.3 Å². The van der Waals surface area contributed by atoms with Gasteiger partial charge in [-0.3, -0.25) is 4.90 Å². The van der Waals surface area contributed by atoms with Crippen LogP contribution >= 0.6 is 0 Å². The number of rotatable bonds is 4. The highest BCUT2D eigenvalue weighted by Gasteiger charge is 2.39. The van der Waals surface area contributed by atoms with Crippen molar-refractivity contribution in [1.29, 1.82) is 0 Å². The van der Waals surface area contributed by atoms with Crippen LogP contribution in [0.4, 0.5) is 0 Å². The molecular formula is C14H28N2O. The second-order valence-electron chi connectivity index (χ2n) is 5.80. The first-order valence-corrected chi connectivity index (χ1v) is 7.33. The molecule has 0 amide bonds. The maximum atomic E-state index is 6.04. The lowest BCUT2D eigenvalue weighted by molar-refractivity contribution is -0.0571. The Labute approximate surface area is 106 Å². The minimum absolute atomic E-state index is 0.162. The second kappa shape index (κ2) is 6.17. The van der Waals surface area contributed by atoms with Gasteiger partial charge in [0, 0.05) is 13.2 Å². The first-order valence-electron chi connectivity index (χ1n) is 7.33. The molecule has 0 saturated carbocycles. The Balaban J connectivity index is 1.89. The third-order valence-electron chi connectivity index (χ3n) is 4.66. The summed E-state index contributed by atoms with van der Waals surface area (Å²) in [5, 5.41) is 0. The van der Waals surface area contributed by atoms with Gasteiger partial charge >= 0.3 is 0 Å². The molecule has 0 aromatic rings. The SMILES string of the molecule is CCCC1CCN(C2(CN)CCCOC2)CC1. The molecule has 0 radical (unpaired) electrons. The highest BCUT2D eigenvalue weighted by molar-refractivity contribution is 4.95. The summed E-state index contributed by atoms with van der Waals surface area (Å²) >= 11 is 0. The molecule has 2 aliphatic heterocycles. The Kier molecular flexibility index (Phi) is 4.83. The average molecular weight is 240 g/mol. The van der Waals surface area contributed by atoms with E-state index in [1.165, 1.54) is 51.6 Å². The van der Waals surface area contributed by atoms with Crippen molar-refractivity contribution in [2.75, 3.05) is 32.8 Å². The van der Waals surface area contributed by atoms with Crippen molar-refractivity contribution in [1.82, 2.24) is 4.90 Å². The fourth-order valence-corrected chi connectivity index (χ4v) is 3.48. The van der Waals surface area contributed by atoms with Crippen LogP contribution < -0.4 is 5.73 Å². The van der Waals surface area contributed by atoms with Gasteiger partial charge in [-0.05, 0) is 44.7 Å². The molecule has 2 fully saturated rings. The summed E-state index contributed by atoms with van der Waals surface area (Å²) in [7, 11) is 0. The normalized spacial score (nSPS) is 32.8. The van der Waals surface area contributed by atoms with Gasteiger partial charge in [0.15, 0.2) is 0 Å². The standard InChI is InChI=1S/C14H28N2O/c1-2-4-13-5-8-16(9-6-13)14(11-15)7-3-10-17-12-14/h13H,2-12,15H2,1H3. The summed E-state index contributed by atoms with van der Waals surface area (Å²) in [5.41, 5.74) is 6.20. The van der Waals surface area contributed by atoms with Crippen LogP contribution in [0.25, 0.3) is 0 Å². The molecule has 0 aliphatic carbocycles. The number of hydrogen-bond acceptors (Lipinski definition) is 3. The van der Waals surface area contributed by atoms with Gasteiger partial charge in [-0.1, -0.05) is 19.8 Å². The zero-order valence-corrected chi connectivity index (χ0v) is 11.3. The lowest BCUT2D eigenvalue weighted by Gasteiger charge is -2.48. The average Bonchev–Trinajstić information content (AvgIpc) is 2.41. The van der Waals surface area contributed by atoms with E-state index in [0.717, 1.165) is 25.7 Å². The van der Waals surface area contributed by atoms with Gasteiger partial charge in [0.25, 0.3) is 0 Å². The van der Waals surface area contributed by atoms with Crippen LogP contribution in [0.3, 0.4) is 0 Å². The van der Waals surface area contributed by atoms with E-state index in [9.17, 15) is 0 Å². The van der Waals surface area contributed by atoms with Crippen molar-refractivity contribution >= 4 is 0 Å². The molecule has 2 saturated heterocycles. The lowest BCUT2D eigenvalue weighted by Crippen LogP contribution is -2.60. The van der Waals surface area contributed by atoms with Crippen LogP contribution in [0.15, 0.2) is 0 Å². The fourth-order valence-electron chi connectivity index (χ4n) is 3.48. The molecule has 2 N–H and O–H groups in total. The number of nitrogens with two attached hydrogens (primary N) is 1. The van der Waals surface area contributed by atoms with Gasteiger partial charge in [0.05, 0.1) is 12.1 Å². The van der Waals surface area contributed by atoms with E-state index < -0.39 is 0 Å². The van der Waals surface area contributed by atoms with Crippen LogP contribution in [0.1, 0.15) is 45.4 Å². The second-order valence-corrected chi connectivity index (χ2v) is 5.80. The smallest absolute Gasteiger partial charge is 0.0662 e. The quantitative estimate of drug-likeness (QED) is 0.817. The van der Waals surface area contributed by atoms with Gasteiger partial charge in [-0.15, -0.1) is 0 Å². The predicted molar refractivity (Wildman–Crippen MR) is 71.0 cm³/mol. The third-order valence-corrected chi connectivity index (χ3v) is 4.66. The Hall–Kier alpha value is -0.120. The molecule has 2 aliphatic rings. The summed E-state index contributed by atoms with van der Waals surface area (Å²) < 4.78 is 5.68. The Morgan fingerprint density at radius 3 is 2.65 bits per heavy atom. The van der Waals surface area contributed by atoms with Gasteiger partial charge in [-0.2, -0.15) is 0 Å². The van der Waals surface area contributed by atoms with Crippen molar-refractivity contribution in [3.05, 3.63) is 0 Å². The molecular weight excluding hydrogens is 212 g/mol. The number of hydrogen-bond donors (Lipinski definition) is 1. The maximum absolute atomic E-state index is 6.04. The van der Waals surface area contributed by atoms with E-state index in [-0.39, 0.29) is 5.54 Å². The van der Waals surface area contributed by atoms with E-state index in [1.807, 2.05) is 0 Å². The van der Waals surface area contributed by atoms with Crippen LogP contribution in [0, 0.1) is 5.92 Å². The lowest BCUT2D eigenvalue weighted by atomic mass is 9.85. The molecule has 0 spiro atoms. The van der Waals surface area contributed by atoms with Crippen molar-refractivity contribution in [2.24, 2.45) is 11.7 Å². The summed E-state index contributed by atoms with van der Waals surface area (Å²) in [4.78, 5) is 2.62. The first-order chi connectivity index (χ1) is 8.30. The molecule has 1 unspecified atom stereocenters. The Bertz CT molecular complexity index is 218. The number of nitrogens with zero attached hydrogens (tertiary/aromatic N) is 1. The summed E-state index contributed by atoms with van der Waals surface area (Å²) in [5.74, 6) is 0.954. The highest BCUT2D eigenvalue weighted by atomic mass is 16.5. The van der Waals surface area contributed by atoms with Crippen molar-refractivity contribution in [3.63, 3.8) is 0 Å². The molecule has 17 heavy (non-hydrogen) atoms. The minimum Gasteiger partial charge on any atom is -0.379 e. The first kappa shape index (κ1) is 13.3. The topological polar surface area (TPSA) is 38.5 Å². The molecule has 0 aromatic heterocycles. The Morgan fingerprint density at radius 1 is 1.35 bits per heavy atom. The van der Waals surface area contributed by atoms with Crippen molar-refractivity contribution < 1.29 is 4.74 Å². The molecule has 1 atom stereocenters. The molecule has 100 valence electrons. The van der Waals surface area contributed by atoms with Gasteiger partial charge in [0.1, 0.15) is 0 Å². The molecule has 2 rings (SSSR count). The van der Waals surface area contributed by atoms with Gasteiger partial charge in [0.2, 0.25) is 0 Å². The third kappa shape index (κ3) is 3.01. The number of likely N-dealkylation sites (tertiary alicyclic amines) is 1. The summed E-state index contributed by atoms with van der Waals surface area (Å²) in [6, 6.07) is 0. The van der Waals surface area contributed by atoms with E-state index >= 15 is 0 Å². The van der Waals surface area contributed by atoms with Crippen LogP contribution in [-0.2, 0) is 4.74 Å². The fraction of sp³-hybridized carbons (Fsp3) is 1.00. The van der Waals surface area contributed by atoms with E-state index in [0.29, 0.717) is 0 Å². The number of piperidine rings is 1. The predicted octanol–water partition coefficient (Wildman–Crippen LogP) is 2.01. The van der Waals surface area contributed by atoms with Gasteiger partial charge in [-0.25, -0.2) is 0 Å². The number of ether oxygens (including phenoxy) is 1. The molecule has 3 heteroatoms. The minimum atomic E-state index is 0.162. The van der Waals surface area contributed by atoms with Gasteiger partial charge < -0.3 is 10.5 Å².